The number of carbonyl (C=O) groups is 1. The lowest BCUT2D eigenvalue weighted by Gasteiger charge is -2.20. The van der Waals surface area contributed by atoms with E-state index in [0.29, 0.717) is 13.0 Å². The van der Waals surface area contributed by atoms with Crippen LogP contribution in [-0.2, 0) is 11.3 Å². The maximum Gasteiger partial charge on any atom is 0.240 e. The molecule has 1 aromatic rings. The molecular weight excluding hydrogens is 228 g/mol. The van der Waals surface area contributed by atoms with Crippen molar-refractivity contribution in [2.45, 2.75) is 19.9 Å². The van der Waals surface area contributed by atoms with Gasteiger partial charge in [0.1, 0.15) is 0 Å². The van der Waals surface area contributed by atoms with E-state index >= 15 is 0 Å². The molecule has 1 aromatic carbocycles. The lowest BCUT2D eigenvalue weighted by molar-refractivity contribution is -0.121. The van der Waals surface area contributed by atoms with E-state index < -0.39 is 0 Å². The Balaban J connectivity index is 1.96. The minimum Gasteiger partial charge on any atom is -0.346 e. The van der Waals surface area contributed by atoms with Gasteiger partial charge in [-0.1, -0.05) is 19.1 Å². The summed E-state index contributed by atoms with van der Waals surface area (Å²) < 4.78 is 0. The van der Waals surface area contributed by atoms with Gasteiger partial charge in [-0.25, -0.2) is 5.43 Å². The number of amides is 1. The number of nitrogens with zero attached hydrogens (tertiary/aromatic N) is 2. The summed E-state index contributed by atoms with van der Waals surface area (Å²) in [5.41, 5.74) is 6.76. The predicted molar refractivity (Wildman–Crippen MR) is 70.7 cm³/mol. The average molecular weight is 242 g/mol. The number of benzene rings is 1. The van der Waals surface area contributed by atoms with Crippen molar-refractivity contribution in [2.75, 3.05) is 5.32 Å². The molecule has 2 N–H and O–H groups in total. The predicted octanol–water partition coefficient (Wildman–Crippen LogP) is 1.50. The van der Waals surface area contributed by atoms with Gasteiger partial charge in [0.25, 0.3) is 0 Å². The summed E-state index contributed by atoms with van der Waals surface area (Å²) in [6.45, 7) is 2.73. The third kappa shape index (κ3) is 1.88. The molecule has 5 nitrogen and oxygen atoms in total. The lowest BCUT2D eigenvalue weighted by Crippen LogP contribution is -2.32. The number of nitrogens with one attached hydrogen (secondary N) is 2. The molecule has 0 aliphatic carbocycles. The molecule has 1 atom stereocenters. The normalized spacial score (nSPS) is 21.7. The van der Waals surface area contributed by atoms with E-state index in [1.54, 1.807) is 6.34 Å². The maximum atomic E-state index is 11.2. The van der Waals surface area contributed by atoms with Crippen molar-refractivity contribution in [3.05, 3.63) is 29.3 Å². The summed E-state index contributed by atoms with van der Waals surface area (Å²) >= 11 is 0. The van der Waals surface area contributed by atoms with Gasteiger partial charge in [0.05, 0.1) is 18.6 Å². The van der Waals surface area contributed by atoms with Crippen molar-refractivity contribution < 1.29 is 4.79 Å². The van der Waals surface area contributed by atoms with E-state index in [1.807, 2.05) is 13.0 Å². The van der Waals surface area contributed by atoms with E-state index in [9.17, 15) is 4.79 Å². The van der Waals surface area contributed by atoms with Crippen LogP contribution in [-0.4, -0.2) is 18.0 Å². The summed E-state index contributed by atoms with van der Waals surface area (Å²) in [6, 6.07) is 6.15. The van der Waals surface area contributed by atoms with Gasteiger partial charge in [-0.15, -0.1) is 0 Å². The zero-order valence-electron chi connectivity index (χ0n) is 10.1. The first-order valence-electron chi connectivity index (χ1n) is 5.98. The molecule has 0 radical (unpaired) electrons. The molecule has 2 aliphatic rings. The Morgan fingerprint density at radius 1 is 1.39 bits per heavy atom. The molecule has 2 aliphatic heterocycles. The van der Waals surface area contributed by atoms with Gasteiger partial charge < -0.3 is 5.32 Å². The van der Waals surface area contributed by atoms with Crippen molar-refractivity contribution in [1.82, 2.24) is 5.43 Å². The summed E-state index contributed by atoms with van der Waals surface area (Å²) in [6.07, 6.45) is 2.20. The molecule has 0 bridgehead atoms. The third-order valence-corrected chi connectivity index (χ3v) is 3.24. The van der Waals surface area contributed by atoms with Crippen LogP contribution < -0.4 is 10.7 Å². The number of hydrogen-bond donors (Lipinski definition) is 2. The molecule has 1 unspecified atom stereocenters. The second kappa shape index (κ2) is 4.25. The van der Waals surface area contributed by atoms with Crippen LogP contribution in [0.25, 0.3) is 0 Å². The van der Waals surface area contributed by atoms with Crippen LogP contribution in [0, 0.1) is 5.92 Å². The Kier molecular flexibility index (Phi) is 2.59. The van der Waals surface area contributed by atoms with Crippen molar-refractivity contribution in [2.24, 2.45) is 16.0 Å². The molecule has 0 spiro atoms. The molecule has 92 valence electrons. The molecular formula is C13H14N4O. The first kappa shape index (κ1) is 11.0. The zero-order chi connectivity index (χ0) is 12.5. The fourth-order valence-electron chi connectivity index (χ4n) is 2.27. The second-order valence-electron chi connectivity index (χ2n) is 4.62. The molecule has 0 saturated carbocycles. The first-order valence-corrected chi connectivity index (χ1v) is 5.98. The van der Waals surface area contributed by atoms with E-state index in [0.717, 1.165) is 17.0 Å². The van der Waals surface area contributed by atoms with E-state index in [2.05, 4.69) is 33.0 Å². The molecule has 0 fully saturated rings. The Labute approximate surface area is 105 Å². The second-order valence-corrected chi connectivity index (χ2v) is 4.62. The highest BCUT2D eigenvalue weighted by molar-refractivity contribution is 6.06. The van der Waals surface area contributed by atoms with Crippen LogP contribution in [0.2, 0.25) is 0 Å². The number of anilines is 1. The number of hydrazone groups is 1. The summed E-state index contributed by atoms with van der Waals surface area (Å²) in [5, 5.41) is 7.30. The third-order valence-electron chi connectivity index (χ3n) is 3.24. The van der Waals surface area contributed by atoms with E-state index in [4.69, 9.17) is 0 Å². The van der Waals surface area contributed by atoms with Gasteiger partial charge in [0, 0.05) is 23.6 Å². The number of hydrogen-bond acceptors (Lipinski definition) is 4. The van der Waals surface area contributed by atoms with Gasteiger partial charge >= 0.3 is 0 Å². The zero-order valence-corrected chi connectivity index (χ0v) is 10.1. The summed E-state index contributed by atoms with van der Waals surface area (Å²) in [4.78, 5) is 15.4. The Bertz CT molecular complexity index is 562. The van der Waals surface area contributed by atoms with Gasteiger partial charge in [-0.2, -0.15) is 5.10 Å². The quantitative estimate of drug-likeness (QED) is 0.783. The standard InChI is InChI=1S/C13H14N4O/c1-8-4-12(18)16-17-13(8)9-2-3-10-6-14-7-15-11(10)5-9/h2-3,5,7-8H,4,6H2,1H3,(H,14,15)(H,16,18). The average Bonchev–Trinajstić information content (AvgIpc) is 2.38. The fraction of sp³-hybridized carbons (Fsp3) is 0.308. The number of fused-ring (bicyclic) bond motifs is 1. The van der Waals surface area contributed by atoms with Crippen molar-refractivity contribution >= 4 is 23.6 Å². The topological polar surface area (TPSA) is 65.8 Å². The monoisotopic (exact) mass is 242 g/mol. The minimum atomic E-state index is -0.0190. The molecule has 18 heavy (non-hydrogen) atoms. The minimum absolute atomic E-state index is 0.0190. The smallest absolute Gasteiger partial charge is 0.240 e. The Morgan fingerprint density at radius 3 is 3.11 bits per heavy atom. The highest BCUT2D eigenvalue weighted by Gasteiger charge is 2.22. The van der Waals surface area contributed by atoms with Crippen LogP contribution in [0.5, 0.6) is 0 Å². The first-order chi connectivity index (χ1) is 8.74. The SMILES string of the molecule is CC1CC(=O)NN=C1c1ccc2c(c1)NC=NC2. The van der Waals surface area contributed by atoms with Crippen LogP contribution in [0.3, 0.4) is 0 Å². The summed E-state index contributed by atoms with van der Waals surface area (Å²) in [7, 11) is 0. The van der Waals surface area contributed by atoms with Crippen molar-refractivity contribution in [3.8, 4) is 0 Å². The van der Waals surface area contributed by atoms with Crippen LogP contribution in [0.4, 0.5) is 5.69 Å². The molecule has 3 rings (SSSR count). The van der Waals surface area contributed by atoms with Crippen molar-refractivity contribution in [1.29, 1.82) is 0 Å². The van der Waals surface area contributed by atoms with Gasteiger partial charge in [-0.3, -0.25) is 9.79 Å². The summed E-state index contributed by atoms with van der Waals surface area (Å²) in [5.74, 6) is 0.128. The van der Waals surface area contributed by atoms with Crippen LogP contribution in [0.15, 0.2) is 28.3 Å². The molecule has 1 amide bonds. The van der Waals surface area contributed by atoms with Crippen molar-refractivity contribution in [3.63, 3.8) is 0 Å². The highest BCUT2D eigenvalue weighted by atomic mass is 16.2. The van der Waals surface area contributed by atoms with E-state index in [-0.39, 0.29) is 11.8 Å². The highest BCUT2D eigenvalue weighted by Crippen LogP contribution is 2.24. The number of rotatable bonds is 1. The molecule has 5 heteroatoms. The van der Waals surface area contributed by atoms with Gasteiger partial charge in [-0.05, 0) is 11.6 Å². The molecule has 0 saturated heterocycles. The number of aliphatic imine (C=N–C) groups is 1. The van der Waals surface area contributed by atoms with E-state index in [1.165, 1.54) is 5.56 Å². The number of carbonyl (C=O) groups excluding carboxylic acids is 1. The van der Waals surface area contributed by atoms with Crippen LogP contribution in [0.1, 0.15) is 24.5 Å². The van der Waals surface area contributed by atoms with Crippen LogP contribution >= 0.6 is 0 Å². The molecule has 2 heterocycles. The fourth-order valence-corrected chi connectivity index (χ4v) is 2.27. The Morgan fingerprint density at radius 2 is 2.28 bits per heavy atom. The largest absolute Gasteiger partial charge is 0.346 e. The molecule has 0 aromatic heterocycles. The Hall–Kier alpha value is -2.17. The maximum absolute atomic E-state index is 11.2. The lowest BCUT2D eigenvalue weighted by atomic mass is 9.93. The van der Waals surface area contributed by atoms with Gasteiger partial charge in [0.15, 0.2) is 0 Å². The van der Waals surface area contributed by atoms with Gasteiger partial charge in [0.2, 0.25) is 5.91 Å².